The summed E-state index contributed by atoms with van der Waals surface area (Å²) in [5, 5.41) is 9.19. The molecule has 0 aromatic heterocycles. The Morgan fingerprint density at radius 1 is 1.15 bits per heavy atom. The normalized spacial score (nSPS) is 21.5. The second-order valence-electron chi connectivity index (χ2n) is 4.87. The van der Waals surface area contributed by atoms with Gasteiger partial charge in [0, 0.05) is 12.7 Å². The van der Waals surface area contributed by atoms with E-state index in [2.05, 4.69) is 0 Å². The van der Waals surface area contributed by atoms with Crippen LogP contribution >= 0.6 is 0 Å². The largest absolute Gasteiger partial charge is 0.481 e. The lowest BCUT2D eigenvalue weighted by Gasteiger charge is -2.28. The van der Waals surface area contributed by atoms with E-state index in [1.54, 1.807) is 13.1 Å². The van der Waals surface area contributed by atoms with Crippen LogP contribution in [0.3, 0.4) is 0 Å². The average Bonchev–Trinajstić information content (AvgIpc) is 2.46. The number of halogens is 1. The van der Waals surface area contributed by atoms with Crippen LogP contribution in [0.5, 0.6) is 0 Å². The number of nitrogens with zero attached hydrogens (tertiary/aromatic N) is 1. The third-order valence-corrected chi connectivity index (χ3v) is 3.61. The molecular formula is C15H16FNO3. The molecule has 1 N–H and O–H groups in total. The van der Waals surface area contributed by atoms with Crippen LogP contribution in [0.15, 0.2) is 36.4 Å². The molecule has 1 aromatic carbocycles. The summed E-state index contributed by atoms with van der Waals surface area (Å²) in [4.78, 5) is 25.0. The summed E-state index contributed by atoms with van der Waals surface area (Å²) in [7, 11) is 1.58. The van der Waals surface area contributed by atoms with Gasteiger partial charge in [-0.05, 0) is 37.1 Å². The Bertz CT molecular complexity index is 539. The topological polar surface area (TPSA) is 57.6 Å². The highest BCUT2D eigenvalue weighted by atomic mass is 19.1. The first-order valence-electron chi connectivity index (χ1n) is 6.41. The fraction of sp³-hybridized carbons (Fsp3) is 0.333. The molecule has 0 spiro atoms. The summed E-state index contributed by atoms with van der Waals surface area (Å²) in [5.41, 5.74) is 0.551. The zero-order valence-corrected chi connectivity index (χ0v) is 11.1. The van der Waals surface area contributed by atoms with Crippen molar-refractivity contribution in [3.8, 4) is 0 Å². The van der Waals surface area contributed by atoms with Gasteiger partial charge in [-0.25, -0.2) is 4.39 Å². The van der Waals surface area contributed by atoms with E-state index >= 15 is 0 Å². The van der Waals surface area contributed by atoms with E-state index in [-0.39, 0.29) is 11.7 Å². The standard InChI is InChI=1S/C15H16FNO3/c1-17(11-8-6-10(16)7-9-11)14(18)12-4-2-3-5-13(12)15(19)20/h2-3,6-9,12-13H,4-5H2,1H3,(H,19,20). The lowest BCUT2D eigenvalue weighted by atomic mass is 9.82. The summed E-state index contributed by atoms with van der Waals surface area (Å²) in [5.74, 6) is -2.87. The fourth-order valence-electron chi connectivity index (χ4n) is 2.40. The highest BCUT2D eigenvalue weighted by molar-refractivity contribution is 5.97. The molecule has 0 radical (unpaired) electrons. The number of allylic oxidation sites excluding steroid dienone is 2. The minimum absolute atomic E-state index is 0.256. The van der Waals surface area contributed by atoms with Gasteiger partial charge in [0.2, 0.25) is 5.91 Å². The molecule has 2 rings (SSSR count). The molecule has 1 aliphatic rings. The second kappa shape index (κ2) is 5.86. The number of hydrogen-bond acceptors (Lipinski definition) is 2. The molecule has 5 heteroatoms. The van der Waals surface area contributed by atoms with Gasteiger partial charge in [-0.2, -0.15) is 0 Å². The van der Waals surface area contributed by atoms with E-state index in [9.17, 15) is 19.1 Å². The number of carbonyl (C=O) groups is 2. The van der Waals surface area contributed by atoms with Crippen molar-refractivity contribution in [3.05, 3.63) is 42.2 Å². The molecule has 1 amide bonds. The van der Waals surface area contributed by atoms with Crippen LogP contribution in [0, 0.1) is 17.7 Å². The molecule has 0 saturated heterocycles. The van der Waals surface area contributed by atoms with E-state index < -0.39 is 17.8 Å². The number of carboxylic acids is 1. The highest BCUT2D eigenvalue weighted by Gasteiger charge is 2.35. The van der Waals surface area contributed by atoms with Crippen LogP contribution in [0.2, 0.25) is 0 Å². The van der Waals surface area contributed by atoms with Gasteiger partial charge in [-0.1, -0.05) is 12.2 Å². The molecular weight excluding hydrogens is 261 g/mol. The van der Waals surface area contributed by atoms with Crippen molar-refractivity contribution < 1.29 is 19.1 Å². The van der Waals surface area contributed by atoms with Crippen molar-refractivity contribution in [1.82, 2.24) is 0 Å². The third kappa shape index (κ3) is 2.87. The molecule has 20 heavy (non-hydrogen) atoms. The Labute approximate surface area is 116 Å². The van der Waals surface area contributed by atoms with Gasteiger partial charge >= 0.3 is 5.97 Å². The maximum atomic E-state index is 12.9. The Morgan fingerprint density at radius 2 is 1.70 bits per heavy atom. The van der Waals surface area contributed by atoms with Crippen molar-refractivity contribution in [2.24, 2.45) is 11.8 Å². The van der Waals surface area contributed by atoms with Gasteiger partial charge in [0.05, 0.1) is 11.8 Å². The van der Waals surface area contributed by atoms with Crippen LogP contribution < -0.4 is 4.90 Å². The third-order valence-electron chi connectivity index (χ3n) is 3.61. The summed E-state index contributed by atoms with van der Waals surface area (Å²) >= 11 is 0. The Morgan fingerprint density at radius 3 is 2.25 bits per heavy atom. The van der Waals surface area contributed by atoms with Gasteiger partial charge in [0.1, 0.15) is 5.82 Å². The number of carbonyl (C=O) groups excluding carboxylic acids is 1. The van der Waals surface area contributed by atoms with E-state index in [0.717, 1.165) is 0 Å². The van der Waals surface area contributed by atoms with Gasteiger partial charge < -0.3 is 10.0 Å². The quantitative estimate of drug-likeness (QED) is 0.863. The first kappa shape index (κ1) is 14.2. The number of carboxylic acid groups (broad SMARTS) is 1. The smallest absolute Gasteiger partial charge is 0.307 e. The fourth-order valence-corrected chi connectivity index (χ4v) is 2.40. The summed E-state index contributed by atoms with van der Waals surface area (Å²) in [6.45, 7) is 0. The predicted molar refractivity (Wildman–Crippen MR) is 72.8 cm³/mol. The molecule has 0 bridgehead atoms. The van der Waals surface area contributed by atoms with Crippen LogP contribution in [0.1, 0.15) is 12.8 Å². The molecule has 106 valence electrons. The van der Waals surface area contributed by atoms with E-state index in [0.29, 0.717) is 18.5 Å². The maximum Gasteiger partial charge on any atom is 0.307 e. The minimum Gasteiger partial charge on any atom is -0.481 e. The highest BCUT2D eigenvalue weighted by Crippen LogP contribution is 2.29. The average molecular weight is 277 g/mol. The number of anilines is 1. The number of aliphatic carboxylic acids is 1. The van der Waals surface area contributed by atoms with Crippen molar-refractivity contribution in [2.45, 2.75) is 12.8 Å². The Balaban J connectivity index is 2.19. The Kier molecular flexibility index (Phi) is 4.17. The summed E-state index contributed by atoms with van der Waals surface area (Å²) in [6.07, 6.45) is 4.41. The van der Waals surface area contributed by atoms with E-state index in [4.69, 9.17) is 0 Å². The van der Waals surface area contributed by atoms with Crippen molar-refractivity contribution in [1.29, 1.82) is 0 Å². The molecule has 0 heterocycles. The molecule has 1 aromatic rings. The maximum absolute atomic E-state index is 12.9. The van der Waals surface area contributed by atoms with Crippen LogP contribution in [-0.4, -0.2) is 24.0 Å². The first-order valence-corrected chi connectivity index (χ1v) is 6.41. The lowest BCUT2D eigenvalue weighted by Crippen LogP contribution is -2.40. The number of amides is 1. The molecule has 2 unspecified atom stereocenters. The van der Waals surface area contributed by atoms with Crippen molar-refractivity contribution in [3.63, 3.8) is 0 Å². The Hall–Kier alpha value is -2.17. The molecule has 0 fully saturated rings. The monoisotopic (exact) mass is 277 g/mol. The second-order valence-corrected chi connectivity index (χ2v) is 4.87. The minimum atomic E-state index is -0.958. The number of benzene rings is 1. The van der Waals surface area contributed by atoms with Gasteiger partial charge in [-0.15, -0.1) is 0 Å². The van der Waals surface area contributed by atoms with Crippen molar-refractivity contribution in [2.75, 3.05) is 11.9 Å². The predicted octanol–water partition coefficient (Wildman–Crippen LogP) is 2.46. The SMILES string of the molecule is CN(C(=O)C1CC=CCC1C(=O)O)c1ccc(F)cc1. The van der Waals surface area contributed by atoms with E-state index in [1.807, 2.05) is 6.08 Å². The van der Waals surface area contributed by atoms with Crippen molar-refractivity contribution >= 4 is 17.6 Å². The van der Waals surface area contributed by atoms with E-state index in [1.165, 1.54) is 29.2 Å². The zero-order valence-electron chi connectivity index (χ0n) is 11.1. The molecule has 0 aliphatic heterocycles. The molecule has 2 atom stereocenters. The summed E-state index contributed by atoms with van der Waals surface area (Å²) < 4.78 is 12.9. The first-order chi connectivity index (χ1) is 9.50. The number of rotatable bonds is 3. The molecule has 1 aliphatic carbocycles. The van der Waals surface area contributed by atoms with Crippen LogP contribution in [-0.2, 0) is 9.59 Å². The number of hydrogen-bond donors (Lipinski definition) is 1. The van der Waals surface area contributed by atoms with Gasteiger partial charge in [0.15, 0.2) is 0 Å². The van der Waals surface area contributed by atoms with Gasteiger partial charge in [0.25, 0.3) is 0 Å². The van der Waals surface area contributed by atoms with Gasteiger partial charge in [-0.3, -0.25) is 9.59 Å². The molecule has 4 nitrogen and oxygen atoms in total. The lowest BCUT2D eigenvalue weighted by molar-refractivity contribution is -0.146. The molecule has 0 saturated carbocycles. The van der Waals surface area contributed by atoms with Crippen LogP contribution in [0.4, 0.5) is 10.1 Å². The zero-order chi connectivity index (χ0) is 14.7. The summed E-state index contributed by atoms with van der Waals surface area (Å²) in [6, 6.07) is 5.55. The van der Waals surface area contributed by atoms with Crippen LogP contribution in [0.25, 0.3) is 0 Å².